The first-order valence-corrected chi connectivity index (χ1v) is 15.4. The number of allylic oxidation sites excluding steroid dienone is 5. The van der Waals surface area contributed by atoms with Gasteiger partial charge in [-0.15, -0.1) is 6.58 Å². The fraction of sp³-hybridized carbons (Fsp3) is 0.824. The summed E-state index contributed by atoms with van der Waals surface area (Å²) in [6.45, 7) is 19.5. The lowest BCUT2D eigenvalue weighted by Gasteiger charge is -2.01. The quantitative estimate of drug-likeness (QED) is 0.114. The highest BCUT2D eigenvalue weighted by Crippen LogP contribution is 2.12. The summed E-state index contributed by atoms with van der Waals surface area (Å²) < 4.78 is 0. The van der Waals surface area contributed by atoms with Crippen LogP contribution in [-0.4, -0.2) is 0 Å². The second-order valence-corrected chi connectivity index (χ2v) is 10.2. The molecule has 0 amide bonds. The molecule has 0 aliphatic carbocycles. The van der Waals surface area contributed by atoms with Crippen LogP contribution in [0.25, 0.3) is 0 Å². The van der Waals surface area contributed by atoms with E-state index in [0.717, 1.165) is 0 Å². The molecule has 0 heterocycles. The van der Waals surface area contributed by atoms with Gasteiger partial charge in [-0.2, -0.15) is 0 Å². The molecule has 0 rings (SSSR count). The molecule has 0 atom stereocenters. The Morgan fingerprint density at radius 1 is 0.471 bits per heavy atom. The van der Waals surface area contributed by atoms with E-state index in [1.807, 2.05) is 0 Å². The maximum atomic E-state index is 3.87. The van der Waals surface area contributed by atoms with Crippen molar-refractivity contribution < 1.29 is 0 Å². The Kier molecular flexibility index (Phi) is 40.9. The van der Waals surface area contributed by atoms with Crippen molar-refractivity contribution in [2.24, 2.45) is 0 Å². The molecule has 0 saturated carbocycles. The minimum atomic E-state index is 1.23. The van der Waals surface area contributed by atoms with Crippen molar-refractivity contribution in [1.29, 1.82) is 0 Å². The summed E-state index contributed by atoms with van der Waals surface area (Å²) in [5, 5.41) is 0. The SMILES string of the molecule is C=C(C)CCCCCCC.CCCC/C=C(\C)CCCCCCC.CCCC/C=C/CCCC. The standard InChI is InChI=1S/C14H28.2C10H20/c1-4-6-8-9-11-13-14(3)12-10-7-5-2;1-4-5-6-7-8-9-10(2)3;1-3-5-7-9-10-8-6-4-2/h12H,4-11,13H2,1-3H3;2,4-9H2,1,3H3;9-10H,3-8H2,1-2H3/b14-12+;;10-9+. The second-order valence-electron chi connectivity index (χ2n) is 10.2. The summed E-state index contributed by atoms with van der Waals surface area (Å²) in [4.78, 5) is 0. The highest BCUT2D eigenvalue weighted by atomic mass is 14.0. The maximum absolute atomic E-state index is 3.87. The van der Waals surface area contributed by atoms with Crippen molar-refractivity contribution in [3.63, 3.8) is 0 Å². The molecule has 0 N–H and O–H groups in total. The van der Waals surface area contributed by atoms with Gasteiger partial charge in [0.05, 0.1) is 0 Å². The largest absolute Gasteiger partial charge is 0.100 e. The van der Waals surface area contributed by atoms with Crippen LogP contribution in [0.4, 0.5) is 0 Å². The Balaban J connectivity index is -0.000000434. The van der Waals surface area contributed by atoms with Crippen molar-refractivity contribution in [3.8, 4) is 0 Å². The van der Waals surface area contributed by atoms with Gasteiger partial charge in [-0.05, 0) is 58.8 Å². The van der Waals surface area contributed by atoms with E-state index >= 15 is 0 Å². The smallest absolute Gasteiger partial charge is 0.0323 e. The predicted molar refractivity (Wildman–Crippen MR) is 163 cm³/mol. The average molecular weight is 477 g/mol. The molecule has 0 fully saturated rings. The number of hydrogen-bond donors (Lipinski definition) is 0. The van der Waals surface area contributed by atoms with E-state index < -0.39 is 0 Å². The summed E-state index contributed by atoms with van der Waals surface area (Å²) >= 11 is 0. The molecule has 0 bridgehead atoms. The van der Waals surface area contributed by atoms with Crippen molar-refractivity contribution >= 4 is 0 Å². The summed E-state index contributed by atoms with van der Waals surface area (Å²) in [6, 6.07) is 0. The molecule has 0 saturated heterocycles. The van der Waals surface area contributed by atoms with Gasteiger partial charge >= 0.3 is 0 Å². The Bertz CT molecular complexity index is 402. The van der Waals surface area contributed by atoms with Crippen LogP contribution >= 0.6 is 0 Å². The zero-order chi connectivity index (χ0) is 26.1. The third kappa shape index (κ3) is 44.8. The van der Waals surface area contributed by atoms with Gasteiger partial charge in [0.2, 0.25) is 0 Å². The molecule has 0 aliphatic heterocycles. The lowest BCUT2D eigenvalue weighted by molar-refractivity contribution is 0.629. The van der Waals surface area contributed by atoms with Gasteiger partial charge in [0.25, 0.3) is 0 Å². The Morgan fingerprint density at radius 2 is 0.853 bits per heavy atom. The van der Waals surface area contributed by atoms with Crippen molar-refractivity contribution in [2.45, 2.75) is 183 Å². The highest BCUT2D eigenvalue weighted by Gasteiger charge is 1.92. The van der Waals surface area contributed by atoms with E-state index in [9.17, 15) is 0 Å². The molecule has 0 nitrogen and oxygen atoms in total. The topological polar surface area (TPSA) is 0 Å². The van der Waals surface area contributed by atoms with Crippen LogP contribution in [-0.2, 0) is 0 Å². The average Bonchev–Trinajstić information content (AvgIpc) is 2.82. The summed E-state index contributed by atoms with van der Waals surface area (Å²) in [5.74, 6) is 0. The fourth-order valence-electron chi connectivity index (χ4n) is 3.57. The first-order valence-electron chi connectivity index (χ1n) is 15.4. The zero-order valence-electron chi connectivity index (χ0n) is 25.3. The molecule has 0 heteroatoms. The van der Waals surface area contributed by atoms with E-state index in [1.165, 1.54) is 140 Å². The minimum Gasteiger partial charge on any atom is -0.100 e. The van der Waals surface area contributed by atoms with Gasteiger partial charge in [-0.1, -0.05) is 154 Å². The normalized spacial score (nSPS) is 11.1. The second kappa shape index (κ2) is 36.8. The van der Waals surface area contributed by atoms with Crippen LogP contribution < -0.4 is 0 Å². The molecular weight excluding hydrogens is 408 g/mol. The first kappa shape index (κ1) is 37.8. The van der Waals surface area contributed by atoms with E-state index in [-0.39, 0.29) is 0 Å². The minimum absolute atomic E-state index is 1.23. The maximum Gasteiger partial charge on any atom is -0.0323 e. The summed E-state index contributed by atoms with van der Waals surface area (Å²) in [6.07, 6.45) is 35.4. The molecule has 0 aliphatic rings. The fourth-order valence-corrected chi connectivity index (χ4v) is 3.57. The van der Waals surface area contributed by atoms with E-state index in [2.05, 4.69) is 73.3 Å². The molecule has 0 radical (unpaired) electrons. The van der Waals surface area contributed by atoms with Crippen LogP contribution in [0.3, 0.4) is 0 Å². The van der Waals surface area contributed by atoms with Crippen LogP contribution in [0.5, 0.6) is 0 Å². The zero-order valence-corrected chi connectivity index (χ0v) is 25.3. The molecule has 204 valence electrons. The molecule has 0 spiro atoms. The van der Waals surface area contributed by atoms with Crippen LogP contribution in [0.2, 0.25) is 0 Å². The summed E-state index contributed by atoms with van der Waals surface area (Å²) in [5.41, 5.74) is 2.94. The van der Waals surface area contributed by atoms with Gasteiger partial charge in [0, 0.05) is 0 Å². The predicted octanol–water partition coefficient (Wildman–Crippen LogP) is 13.3. The molecule has 0 aromatic rings. The number of hydrogen-bond acceptors (Lipinski definition) is 0. The van der Waals surface area contributed by atoms with Gasteiger partial charge in [-0.25, -0.2) is 0 Å². The number of rotatable bonds is 21. The Hall–Kier alpha value is -0.780. The lowest BCUT2D eigenvalue weighted by Crippen LogP contribution is -1.81. The molecule has 34 heavy (non-hydrogen) atoms. The third-order valence-corrected chi connectivity index (χ3v) is 6.05. The van der Waals surface area contributed by atoms with Crippen LogP contribution in [0.1, 0.15) is 183 Å². The Labute approximate surface area is 219 Å². The van der Waals surface area contributed by atoms with Gasteiger partial charge in [0.1, 0.15) is 0 Å². The lowest BCUT2D eigenvalue weighted by atomic mass is 10.1. The van der Waals surface area contributed by atoms with Crippen LogP contribution in [0.15, 0.2) is 36.0 Å². The van der Waals surface area contributed by atoms with E-state index in [0.29, 0.717) is 0 Å². The van der Waals surface area contributed by atoms with Crippen LogP contribution in [0, 0.1) is 0 Å². The third-order valence-electron chi connectivity index (χ3n) is 6.05. The Morgan fingerprint density at radius 3 is 1.26 bits per heavy atom. The summed E-state index contributed by atoms with van der Waals surface area (Å²) in [7, 11) is 0. The van der Waals surface area contributed by atoms with Gasteiger partial charge in [0.15, 0.2) is 0 Å². The van der Waals surface area contributed by atoms with Crippen molar-refractivity contribution in [3.05, 3.63) is 36.0 Å². The van der Waals surface area contributed by atoms with Gasteiger partial charge in [-0.3, -0.25) is 0 Å². The van der Waals surface area contributed by atoms with E-state index in [4.69, 9.17) is 0 Å². The molecular formula is C34H68. The molecule has 0 unspecified atom stereocenters. The first-order chi connectivity index (χ1) is 16.5. The highest BCUT2D eigenvalue weighted by molar-refractivity contribution is 4.97. The number of unbranched alkanes of at least 4 members (excludes halogenated alkanes) is 14. The van der Waals surface area contributed by atoms with Crippen molar-refractivity contribution in [1.82, 2.24) is 0 Å². The molecule has 0 aromatic carbocycles. The van der Waals surface area contributed by atoms with Crippen molar-refractivity contribution in [2.75, 3.05) is 0 Å². The monoisotopic (exact) mass is 477 g/mol. The van der Waals surface area contributed by atoms with E-state index in [1.54, 1.807) is 5.57 Å². The molecule has 0 aromatic heterocycles. The van der Waals surface area contributed by atoms with Gasteiger partial charge < -0.3 is 0 Å².